The van der Waals surface area contributed by atoms with E-state index in [-0.39, 0.29) is 23.3 Å². The van der Waals surface area contributed by atoms with Crippen LogP contribution in [0.2, 0.25) is 0 Å². The summed E-state index contributed by atoms with van der Waals surface area (Å²) >= 11 is 0. The Kier molecular flexibility index (Phi) is 3.31. The molecule has 29 heavy (non-hydrogen) atoms. The van der Waals surface area contributed by atoms with Gasteiger partial charge in [0.05, 0.1) is 18.2 Å². The molecule has 1 aliphatic rings. The second kappa shape index (κ2) is 5.76. The molecular weight excluding hydrogens is 380 g/mol. The van der Waals surface area contributed by atoms with E-state index in [1.807, 2.05) is 0 Å². The maximum absolute atomic E-state index is 12.7. The Labute approximate surface area is 161 Å². The van der Waals surface area contributed by atoms with Gasteiger partial charge in [-0.2, -0.15) is 4.52 Å². The number of anilines is 1. The number of imide groups is 1. The molecule has 4 heterocycles. The summed E-state index contributed by atoms with van der Waals surface area (Å²) in [7, 11) is 1.47. The lowest BCUT2D eigenvalue weighted by atomic mass is 10.1. The molecule has 0 aliphatic carbocycles. The Hall–Kier alpha value is -4.48. The average molecular weight is 390 g/mol. The molecule has 12 heteroatoms. The SMILES string of the molecule is Cn1c([N+](=O)[O-])cnc1-c1nnc2ccc(N3C(=O)c4ccccc4C3=O)nn12. The summed E-state index contributed by atoms with van der Waals surface area (Å²) in [5.74, 6) is -0.827. The van der Waals surface area contributed by atoms with Crippen LogP contribution in [0, 0.1) is 10.1 Å². The van der Waals surface area contributed by atoms with Crippen molar-refractivity contribution in [1.82, 2.24) is 29.4 Å². The number of amides is 2. The van der Waals surface area contributed by atoms with Gasteiger partial charge in [-0.15, -0.1) is 15.3 Å². The van der Waals surface area contributed by atoms with Gasteiger partial charge in [0.25, 0.3) is 17.6 Å². The van der Waals surface area contributed by atoms with Crippen LogP contribution in [-0.2, 0) is 7.05 Å². The number of carbonyl (C=O) groups excluding carboxylic acids is 2. The van der Waals surface area contributed by atoms with Crippen LogP contribution in [0.3, 0.4) is 0 Å². The summed E-state index contributed by atoms with van der Waals surface area (Å²) in [5, 5.41) is 23.4. The summed E-state index contributed by atoms with van der Waals surface area (Å²) in [6.45, 7) is 0. The van der Waals surface area contributed by atoms with E-state index in [0.29, 0.717) is 16.8 Å². The van der Waals surface area contributed by atoms with Crippen LogP contribution in [0.4, 0.5) is 11.6 Å². The largest absolute Gasteiger partial charge is 0.358 e. The molecule has 142 valence electrons. The predicted octanol–water partition coefficient (Wildman–Crippen LogP) is 1.23. The lowest BCUT2D eigenvalue weighted by Gasteiger charge is -2.12. The molecule has 5 rings (SSSR count). The number of nitrogens with zero attached hydrogens (tertiary/aromatic N) is 8. The van der Waals surface area contributed by atoms with Crippen LogP contribution >= 0.6 is 0 Å². The van der Waals surface area contributed by atoms with Gasteiger partial charge in [0, 0.05) is 0 Å². The standard InChI is InChI=1S/C17H10N8O4/c1-22-13(25(28)29)8-18-14(22)15-20-19-11-6-7-12(21-24(11)15)23-16(26)9-4-2-3-5-10(9)17(23)27/h2-8H,1H3. The fourth-order valence-corrected chi connectivity index (χ4v) is 3.21. The normalized spacial score (nSPS) is 13.3. The smallest absolute Gasteiger partial charge is 0.343 e. The monoisotopic (exact) mass is 390 g/mol. The van der Waals surface area contributed by atoms with E-state index in [2.05, 4.69) is 20.3 Å². The molecule has 0 bridgehead atoms. The zero-order valence-electron chi connectivity index (χ0n) is 14.8. The maximum atomic E-state index is 12.7. The minimum absolute atomic E-state index is 0.0773. The van der Waals surface area contributed by atoms with Crippen molar-refractivity contribution in [3.8, 4) is 11.6 Å². The quantitative estimate of drug-likeness (QED) is 0.289. The molecule has 0 atom stereocenters. The summed E-state index contributed by atoms with van der Waals surface area (Å²) < 4.78 is 2.53. The number of imidazole rings is 1. The van der Waals surface area contributed by atoms with Crippen LogP contribution in [0.15, 0.2) is 42.6 Å². The molecule has 3 aromatic heterocycles. The molecule has 0 spiro atoms. The summed E-state index contributed by atoms with van der Waals surface area (Å²) in [6.07, 6.45) is 1.10. The first-order valence-electron chi connectivity index (χ1n) is 8.34. The molecule has 0 radical (unpaired) electrons. The van der Waals surface area contributed by atoms with E-state index in [1.165, 1.54) is 22.2 Å². The number of nitro groups is 1. The van der Waals surface area contributed by atoms with Crippen LogP contribution < -0.4 is 4.90 Å². The number of hydrogen-bond donors (Lipinski definition) is 0. The van der Waals surface area contributed by atoms with Crippen LogP contribution in [0.25, 0.3) is 17.3 Å². The summed E-state index contributed by atoms with van der Waals surface area (Å²) in [5.41, 5.74) is 0.914. The summed E-state index contributed by atoms with van der Waals surface area (Å²) in [4.78, 5) is 40.9. The zero-order chi connectivity index (χ0) is 20.3. The van der Waals surface area contributed by atoms with Gasteiger partial charge in [-0.05, 0) is 29.2 Å². The van der Waals surface area contributed by atoms with Crippen molar-refractivity contribution in [3.05, 3.63) is 63.8 Å². The molecule has 0 saturated carbocycles. The van der Waals surface area contributed by atoms with Crippen molar-refractivity contribution >= 4 is 29.1 Å². The highest BCUT2D eigenvalue weighted by Crippen LogP contribution is 2.28. The third kappa shape index (κ3) is 2.25. The van der Waals surface area contributed by atoms with Crippen molar-refractivity contribution in [1.29, 1.82) is 0 Å². The Morgan fingerprint density at radius 3 is 2.28 bits per heavy atom. The lowest BCUT2D eigenvalue weighted by Crippen LogP contribution is -2.30. The highest BCUT2D eigenvalue weighted by atomic mass is 16.6. The number of benzene rings is 1. The second-order valence-electron chi connectivity index (χ2n) is 6.23. The third-order valence-electron chi connectivity index (χ3n) is 4.62. The van der Waals surface area contributed by atoms with E-state index in [4.69, 9.17) is 0 Å². The first-order valence-corrected chi connectivity index (χ1v) is 8.34. The summed E-state index contributed by atoms with van der Waals surface area (Å²) in [6, 6.07) is 9.53. The molecule has 0 fully saturated rings. The number of hydrogen-bond acceptors (Lipinski definition) is 8. The molecule has 0 N–H and O–H groups in total. The van der Waals surface area contributed by atoms with E-state index < -0.39 is 16.7 Å². The van der Waals surface area contributed by atoms with Gasteiger partial charge in [-0.1, -0.05) is 12.1 Å². The fraction of sp³-hybridized carbons (Fsp3) is 0.0588. The number of aromatic nitrogens is 6. The molecular formula is C17H10N8O4. The van der Waals surface area contributed by atoms with E-state index in [9.17, 15) is 19.7 Å². The topological polar surface area (TPSA) is 141 Å². The molecule has 0 saturated heterocycles. The Morgan fingerprint density at radius 2 is 1.66 bits per heavy atom. The van der Waals surface area contributed by atoms with Gasteiger partial charge in [0.2, 0.25) is 5.82 Å². The predicted molar refractivity (Wildman–Crippen MR) is 97.2 cm³/mol. The van der Waals surface area contributed by atoms with Gasteiger partial charge in [-0.25, -0.2) is 14.5 Å². The Balaban J connectivity index is 1.64. The van der Waals surface area contributed by atoms with Crippen molar-refractivity contribution in [2.24, 2.45) is 7.05 Å². The molecule has 4 aromatic rings. The fourth-order valence-electron chi connectivity index (χ4n) is 3.21. The van der Waals surface area contributed by atoms with Gasteiger partial charge in [0.15, 0.2) is 11.5 Å². The van der Waals surface area contributed by atoms with Gasteiger partial charge >= 0.3 is 5.82 Å². The number of rotatable bonds is 3. The molecule has 1 aromatic carbocycles. The van der Waals surface area contributed by atoms with Crippen molar-refractivity contribution in [3.63, 3.8) is 0 Å². The molecule has 12 nitrogen and oxygen atoms in total. The van der Waals surface area contributed by atoms with E-state index in [0.717, 1.165) is 11.1 Å². The van der Waals surface area contributed by atoms with Gasteiger partial charge < -0.3 is 10.1 Å². The first kappa shape index (κ1) is 16.7. The highest BCUT2D eigenvalue weighted by Gasteiger charge is 2.37. The average Bonchev–Trinajstić information content (AvgIpc) is 3.36. The Bertz CT molecular complexity index is 1320. The highest BCUT2D eigenvalue weighted by molar-refractivity contribution is 6.34. The first-order chi connectivity index (χ1) is 14.0. The minimum Gasteiger partial charge on any atom is -0.358 e. The molecule has 1 aliphatic heterocycles. The van der Waals surface area contributed by atoms with Crippen molar-refractivity contribution in [2.75, 3.05) is 4.90 Å². The number of carbonyl (C=O) groups is 2. The van der Waals surface area contributed by atoms with E-state index >= 15 is 0 Å². The van der Waals surface area contributed by atoms with Crippen molar-refractivity contribution < 1.29 is 14.5 Å². The molecule has 0 unspecified atom stereocenters. The third-order valence-corrected chi connectivity index (χ3v) is 4.62. The Morgan fingerprint density at radius 1 is 0.966 bits per heavy atom. The lowest BCUT2D eigenvalue weighted by molar-refractivity contribution is -0.391. The van der Waals surface area contributed by atoms with Gasteiger partial charge in [-0.3, -0.25) is 9.59 Å². The minimum atomic E-state index is -0.572. The van der Waals surface area contributed by atoms with Crippen LogP contribution in [0.1, 0.15) is 20.7 Å². The maximum Gasteiger partial charge on any atom is 0.343 e. The second-order valence-corrected chi connectivity index (χ2v) is 6.23. The van der Waals surface area contributed by atoms with Crippen LogP contribution in [-0.4, -0.2) is 46.1 Å². The molecule has 2 amide bonds. The van der Waals surface area contributed by atoms with Gasteiger partial charge in [0.1, 0.15) is 6.20 Å². The van der Waals surface area contributed by atoms with E-state index in [1.54, 1.807) is 30.3 Å². The zero-order valence-corrected chi connectivity index (χ0v) is 14.8. The van der Waals surface area contributed by atoms with Crippen LogP contribution in [0.5, 0.6) is 0 Å². The van der Waals surface area contributed by atoms with Crippen molar-refractivity contribution in [2.45, 2.75) is 0 Å². The number of fused-ring (bicyclic) bond motifs is 2.